The van der Waals surface area contributed by atoms with Gasteiger partial charge in [-0.15, -0.1) is 0 Å². The van der Waals surface area contributed by atoms with Gasteiger partial charge in [-0.3, -0.25) is 4.79 Å². The van der Waals surface area contributed by atoms with Crippen molar-refractivity contribution in [1.82, 2.24) is 5.32 Å². The Hall–Kier alpha value is 0.160. The smallest absolute Gasteiger partial charge is 0.220 e. The monoisotopic (exact) mass is 285 g/mol. The van der Waals surface area contributed by atoms with Gasteiger partial charge in [0.2, 0.25) is 5.91 Å². The number of methoxy groups -OCH3 is 1. The number of carbonyl (C=O) groups excluding carboxylic acids is 1. The summed E-state index contributed by atoms with van der Waals surface area (Å²) in [5, 5.41) is 2.82. The Kier molecular flexibility index (Phi) is 9.37. The van der Waals surface area contributed by atoms with E-state index in [0.29, 0.717) is 6.42 Å². The highest BCUT2D eigenvalue weighted by atomic mass is 127. The molecule has 0 aliphatic rings. The summed E-state index contributed by atoms with van der Waals surface area (Å²) in [5.41, 5.74) is 0. The van der Waals surface area contributed by atoms with Crippen LogP contribution in [0.25, 0.3) is 0 Å². The van der Waals surface area contributed by atoms with Crippen LogP contribution < -0.4 is 5.32 Å². The summed E-state index contributed by atoms with van der Waals surface area (Å²) in [6, 6.07) is 0. The second-order valence-electron chi connectivity index (χ2n) is 2.49. The summed E-state index contributed by atoms with van der Waals surface area (Å²) in [6.45, 7) is 1.53. The second-order valence-corrected chi connectivity index (χ2v) is 3.57. The molecule has 0 aliphatic heterocycles. The largest absolute Gasteiger partial charge is 0.385 e. The van der Waals surface area contributed by atoms with Gasteiger partial charge in [0.15, 0.2) is 0 Å². The minimum atomic E-state index is 0.155. The first-order chi connectivity index (χ1) is 5.81. The number of hydrogen-bond donors (Lipinski definition) is 1. The molecule has 0 radical (unpaired) electrons. The number of unbranched alkanes of at least 4 members (excludes halogenated alkanes) is 1. The van der Waals surface area contributed by atoms with E-state index in [1.54, 1.807) is 7.11 Å². The van der Waals surface area contributed by atoms with Crippen molar-refractivity contribution >= 4 is 28.5 Å². The molecule has 72 valence electrons. The number of ether oxygens (including phenoxy) is 1. The zero-order chi connectivity index (χ0) is 9.23. The van der Waals surface area contributed by atoms with E-state index in [0.717, 1.165) is 30.4 Å². The fourth-order valence-corrected chi connectivity index (χ4v) is 1.08. The standard InChI is InChI=1S/C8H16INO2/c1-12-7-3-2-4-8(11)10-6-5-9/h2-7H2,1H3,(H,10,11). The Bertz CT molecular complexity index is 120. The van der Waals surface area contributed by atoms with E-state index in [9.17, 15) is 4.79 Å². The molecule has 0 saturated carbocycles. The van der Waals surface area contributed by atoms with Gasteiger partial charge in [0.1, 0.15) is 0 Å². The third-order valence-electron chi connectivity index (χ3n) is 1.42. The lowest BCUT2D eigenvalue weighted by molar-refractivity contribution is -0.121. The molecule has 0 spiro atoms. The van der Waals surface area contributed by atoms with Crippen LogP contribution in [0.4, 0.5) is 0 Å². The molecule has 0 aliphatic carbocycles. The van der Waals surface area contributed by atoms with Gasteiger partial charge in [0.05, 0.1) is 0 Å². The Balaban J connectivity index is 3.08. The number of carbonyl (C=O) groups is 1. The molecule has 0 aromatic heterocycles. The minimum absolute atomic E-state index is 0.155. The Morgan fingerprint density at radius 2 is 2.25 bits per heavy atom. The second kappa shape index (κ2) is 9.25. The summed E-state index contributed by atoms with van der Waals surface area (Å²) < 4.78 is 5.85. The SMILES string of the molecule is COCCCCC(=O)NCCI. The van der Waals surface area contributed by atoms with E-state index in [4.69, 9.17) is 4.74 Å². The molecule has 0 rings (SSSR count). The molecule has 0 aromatic carbocycles. The normalized spacial score (nSPS) is 9.83. The van der Waals surface area contributed by atoms with Crippen molar-refractivity contribution in [2.75, 3.05) is 24.7 Å². The number of hydrogen-bond acceptors (Lipinski definition) is 2. The van der Waals surface area contributed by atoms with Crippen LogP contribution in [-0.4, -0.2) is 30.6 Å². The molecule has 0 saturated heterocycles. The maximum atomic E-state index is 11.0. The van der Waals surface area contributed by atoms with Crippen molar-refractivity contribution in [3.8, 4) is 0 Å². The van der Waals surface area contributed by atoms with Crippen LogP contribution in [0.2, 0.25) is 0 Å². The molecule has 4 heteroatoms. The molecule has 0 atom stereocenters. The number of amides is 1. The molecule has 12 heavy (non-hydrogen) atoms. The van der Waals surface area contributed by atoms with Crippen LogP contribution in [-0.2, 0) is 9.53 Å². The molecule has 0 fully saturated rings. The maximum Gasteiger partial charge on any atom is 0.220 e. The van der Waals surface area contributed by atoms with Crippen molar-refractivity contribution < 1.29 is 9.53 Å². The fourth-order valence-electron chi connectivity index (χ4n) is 0.807. The van der Waals surface area contributed by atoms with Crippen LogP contribution in [0, 0.1) is 0 Å². The average molecular weight is 285 g/mol. The number of halogens is 1. The van der Waals surface area contributed by atoms with Gasteiger partial charge < -0.3 is 10.1 Å². The molecule has 1 amide bonds. The first-order valence-corrected chi connectivity index (χ1v) is 5.65. The van der Waals surface area contributed by atoms with E-state index < -0.39 is 0 Å². The maximum absolute atomic E-state index is 11.0. The zero-order valence-electron chi connectivity index (χ0n) is 7.44. The Labute approximate surface area is 87.4 Å². The Morgan fingerprint density at radius 3 is 2.83 bits per heavy atom. The van der Waals surface area contributed by atoms with Gasteiger partial charge in [-0.2, -0.15) is 0 Å². The highest BCUT2D eigenvalue weighted by molar-refractivity contribution is 14.1. The zero-order valence-corrected chi connectivity index (χ0v) is 9.59. The van der Waals surface area contributed by atoms with Crippen molar-refractivity contribution in [2.24, 2.45) is 0 Å². The lowest BCUT2D eigenvalue weighted by atomic mass is 10.2. The predicted molar refractivity (Wildman–Crippen MR) is 57.6 cm³/mol. The Morgan fingerprint density at radius 1 is 1.50 bits per heavy atom. The van der Waals surface area contributed by atoms with Crippen LogP contribution in [0.15, 0.2) is 0 Å². The molecule has 0 bridgehead atoms. The third kappa shape index (κ3) is 8.26. The van der Waals surface area contributed by atoms with Crippen molar-refractivity contribution in [1.29, 1.82) is 0 Å². The van der Waals surface area contributed by atoms with Crippen LogP contribution in [0.1, 0.15) is 19.3 Å². The van der Waals surface area contributed by atoms with Crippen LogP contribution in [0.3, 0.4) is 0 Å². The van der Waals surface area contributed by atoms with E-state index in [-0.39, 0.29) is 5.91 Å². The number of alkyl halides is 1. The van der Waals surface area contributed by atoms with Gasteiger partial charge in [0, 0.05) is 31.1 Å². The quantitative estimate of drug-likeness (QED) is 0.436. The van der Waals surface area contributed by atoms with Crippen molar-refractivity contribution in [2.45, 2.75) is 19.3 Å². The van der Waals surface area contributed by atoms with Crippen LogP contribution in [0.5, 0.6) is 0 Å². The summed E-state index contributed by atoms with van der Waals surface area (Å²) in [5.74, 6) is 0.155. The summed E-state index contributed by atoms with van der Waals surface area (Å²) in [6.07, 6.45) is 2.51. The molecular formula is C8H16INO2. The van der Waals surface area contributed by atoms with E-state index >= 15 is 0 Å². The third-order valence-corrected chi connectivity index (χ3v) is 1.96. The van der Waals surface area contributed by atoms with Gasteiger partial charge in [-0.25, -0.2) is 0 Å². The van der Waals surface area contributed by atoms with Gasteiger partial charge in [-0.1, -0.05) is 22.6 Å². The number of rotatable bonds is 7. The molecule has 3 nitrogen and oxygen atoms in total. The first kappa shape index (κ1) is 12.2. The first-order valence-electron chi connectivity index (χ1n) is 4.13. The van der Waals surface area contributed by atoms with Crippen LogP contribution >= 0.6 is 22.6 Å². The highest BCUT2D eigenvalue weighted by Crippen LogP contribution is 1.94. The van der Waals surface area contributed by atoms with Gasteiger partial charge >= 0.3 is 0 Å². The fraction of sp³-hybridized carbons (Fsp3) is 0.875. The highest BCUT2D eigenvalue weighted by Gasteiger charge is 1.98. The van der Waals surface area contributed by atoms with E-state index in [2.05, 4.69) is 27.9 Å². The average Bonchev–Trinajstić information content (AvgIpc) is 2.09. The summed E-state index contributed by atoms with van der Waals surface area (Å²) in [4.78, 5) is 11.0. The predicted octanol–water partition coefficient (Wildman–Crippen LogP) is 1.35. The van der Waals surface area contributed by atoms with E-state index in [1.165, 1.54) is 0 Å². The topological polar surface area (TPSA) is 38.3 Å². The lowest BCUT2D eigenvalue weighted by Crippen LogP contribution is -2.24. The molecule has 1 N–H and O–H groups in total. The molecule has 0 unspecified atom stereocenters. The van der Waals surface area contributed by atoms with Crippen molar-refractivity contribution in [3.63, 3.8) is 0 Å². The molecular weight excluding hydrogens is 269 g/mol. The number of nitrogens with one attached hydrogen (secondary N) is 1. The summed E-state index contributed by atoms with van der Waals surface area (Å²) in [7, 11) is 1.68. The van der Waals surface area contributed by atoms with E-state index in [1.807, 2.05) is 0 Å². The van der Waals surface area contributed by atoms with Gasteiger partial charge in [-0.05, 0) is 12.8 Å². The lowest BCUT2D eigenvalue weighted by Gasteiger charge is -2.02. The molecule has 0 heterocycles. The van der Waals surface area contributed by atoms with Crippen molar-refractivity contribution in [3.05, 3.63) is 0 Å². The summed E-state index contributed by atoms with van der Waals surface area (Å²) >= 11 is 2.24. The minimum Gasteiger partial charge on any atom is -0.385 e. The molecule has 0 aromatic rings. The van der Waals surface area contributed by atoms with Gasteiger partial charge in [0.25, 0.3) is 0 Å².